The van der Waals surface area contributed by atoms with Gasteiger partial charge in [-0.15, -0.1) is 22.7 Å². The summed E-state index contributed by atoms with van der Waals surface area (Å²) in [4.78, 5) is 19.1. The first kappa shape index (κ1) is 17.8. The highest BCUT2D eigenvalue weighted by Crippen LogP contribution is 2.21. The number of thiazole rings is 1. The Bertz CT molecular complexity index is 794. The molecule has 0 aliphatic heterocycles. The number of carbonyl (C=O) groups is 1. The van der Waals surface area contributed by atoms with Gasteiger partial charge in [-0.05, 0) is 30.4 Å². The lowest BCUT2D eigenvalue weighted by atomic mass is 10.1. The average molecular weight is 371 g/mol. The van der Waals surface area contributed by atoms with E-state index in [9.17, 15) is 4.79 Å². The average Bonchev–Trinajstić information content (AvgIpc) is 3.24. The molecule has 0 fully saturated rings. The minimum atomic E-state index is 0.117. The summed E-state index contributed by atoms with van der Waals surface area (Å²) in [6.45, 7) is 2.72. The van der Waals surface area contributed by atoms with Gasteiger partial charge in [-0.3, -0.25) is 4.79 Å². The zero-order valence-electron chi connectivity index (χ0n) is 14.3. The van der Waals surface area contributed by atoms with Gasteiger partial charge in [-0.1, -0.05) is 36.4 Å². The molecule has 1 amide bonds. The van der Waals surface area contributed by atoms with Crippen LogP contribution in [0.2, 0.25) is 0 Å². The van der Waals surface area contributed by atoms with Crippen LogP contribution in [0.4, 0.5) is 0 Å². The maximum absolute atomic E-state index is 11.9. The molecule has 5 heteroatoms. The summed E-state index contributed by atoms with van der Waals surface area (Å²) in [6.07, 6.45) is 3.10. The summed E-state index contributed by atoms with van der Waals surface area (Å²) in [6, 6.07) is 14.6. The molecule has 1 N–H and O–H groups in total. The van der Waals surface area contributed by atoms with Crippen molar-refractivity contribution in [3.05, 3.63) is 73.9 Å². The van der Waals surface area contributed by atoms with Gasteiger partial charge in [0.2, 0.25) is 5.91 Å². The van der Waals surface area contributed by atoms with Crippen LogP contribution >= 0.6 is 22.7 Å². The summed E-state index contributed by atoms with van der Waals surface area (Å²) in [7, 11) is 0. The molecule has 0 radical (unpaired) electrons. The third kappa shape index (κ3) is 5.51. The number of hydrogen-bond acceptors (Lipinski definition) is 4. The van der Waals surface area contributed by atoms with Gasteiger partial charge in [0.1, 0.15) is 0 Å². The maximum atomic E-state index is 11.9. The molecular formula is C20H22N2OS2. The highest BCUT2D eigenvalue weighted by Gasteiger charge is 2.09. The lowest BCUT2D eigenvalue weighted by molar-refractivity contribution is -0.121. The molecular weight excluding hydrogens is 348 g/mol. The fraction of sp³-hybridized carbons (Fsp3) is 0.300. The number of aryl methyl sites for hydroxylation is 2. The number of benzene rings is 1. The molecule has 0 saturated carbocycles. The summed E-state index contributed by atoms with van der Waals surface area (Å²) in [5.74, 6) is 0.117. The first-order valence-electron chi connectivity index (χ1n) is 8.49. The number of hydrogen-bond donors (Lipinski definition) is 1. The van der Waals surface area contributed by atoms with Crippen molar-refractivity contribution in [1.29, 1.82) is 0 Å². The summed E-state index contributed by atoms with van der Waals surface area (Å²) >= 11 is 3.46. The van der Waals surface area contributed by atoms with Crippen molar-refractivity contribution in [2.45, 2.75) is 32.6 Å². The number of nitrogens with zero attached hydrogens (tertiary/aromatic N) is 1. The van der Waals surface area contributed by atoms with Crippen LogP contribution in [0.3, 0.4) is 0 Å². The molecule has 0 saturated heterocycles. The van der Waals surface area contributed by atoms with Crippen LogP contribution in [-0.2, 0) is 24.1 Å². The summed E-state index contributed by atoms with van der Waals surface area (Å²) in [5.41, 5.74) is 2.41. The van der Waals surface area contributed by atoms with Crippen LogP contribution in [-0.4, -0.2) is 17.4 Å². The molecule has 1 aromatic carbocycles. The lowest BCUT2D eigenvalue weighted by Crippen LogP contribution is -2.25. The number of aromatic nitrogens is 1. The van der Waals surface area contributed by atoms with Crippen LogP contribution in [0, 0.1) is 6.92 Å². The van der Waals surface area contributed by atoms with Crippen LogP contribution < -0.4 is 5.32 Å². The van der Waals surface area contributed by atoms with E-state index in [0.717, 1.165) is 30.0 Å². The normalized spacial score (nSPS) is 10.8. The standard InChI is InChI=1S/C20H22N2OS2/c1-15-18(14-16-6-3-2-4-7-16)25-20(22-15)11-12-21-19(23)10-9-17-8-5-13-24-17/h2-8,13H,9-12,14H2,1H3,(H,21,23). The van der Waals surface area contributed by atoms with Crippen molar-refractivity contribution in [3.63, 3.8) is 0 Å². The van der Waals surface area contributed by atoms with Crippen LogP contribution in [0.5, 0.6) is 0 Å². The van der Waals surface area contributed by atoms with Gasteiger partial charge in [0, 0.05) is 35.6 Å². The number of nitrogens with one attached hydrogen (secondary N) is 1. The van der Waals surface area contributed by atoms with E-state index in [1.165, 1.54) is 15.3 Å². The molecule has 0 spiro atoms. The molecule has 0 aliphatic carbocycles. The van der Waals surface area contributed by atoms with Crippen LogP contribution in [0.1, 0.15) is 32.4 Å². The van der Waals surface area contributed by atoms with E-state index in [1.807, 2.05) is 17.5 Å². The predicted octanol–water partition coefficient (Wildman–Crippen LogP) is 4.40. The molecule has 0 bridgehead atoms. The summed E-state index contributed by atoms with van der Waals surface area (Å²) < 4.78 is 0. The zero-order chi connectivity index (χ0) is 17.5. The van der Waals surface area contributed by atoms with E-state index >= 15 is 0 Å². The minimum absolute atomic E-state index is 0.117. The van der Waals surface area contributed by atoms with Crippen molar-refractivity contribution in [2.75, 3.05) is 6.54 Å². The molecule has 0 atom stereocenters. The molecule has 3 aromatic rings. The van der Waals surface area contributed by atoms with E-state index in [1.54, 1.807) is 22.7 Å². The molecule has 2 aromatic heterocycles. The number of rotatable bonds is 8. The second-order valence-electron chi connectivity index (χ2n) is 5.96. The van der Waals surface area contributed by atoms with Crippen molar-refractivity contribution in [3.8, 4) is 0 Å². The Morgan fingerprint density at radius 2 is 1.96 bits per heavy atom. The van der Waals surface area contributed by atoms with Gasteiger partial charge < -0.3 is 5.32 Å². The van der Waals surface area contributed by atoms with Gasteiger partial charge in [0.25, 0.3) is 0 Å². The molecule has 2 heterocycles. The summed E-state index contributed by atoms with van der Waals surface area (Å²) in [5, 5.41) is 6.15. The largest absolute Gasteiger partial charge is 0.356 e. The van der Waals surface area contributed by atoms with E-state index in [0.29, 0.717) is 13.0 Å². The number of thiophene rings is 1. The fourth-order valence-corrected chi connectivity index (χ4v) is 4.44. The van der Waals surface area contributed by atoms with Gasteiger partial charge in [-0.2, -0.15) is 0 Å². The Kier molecular flexibility index (Phi) is 6.36. The zero-order valence-corrected chi connectivity index (χ0v) is 16.0. The fourth-order valence-electron chi connectivity index (χ4n) is 2.63. The Morgan fingerprint density at radius 1 is 1.12 bits per heavy atom. The first-order valence-corrected chi connectivity index (χ1v) is 10.2. The topological polar surface area (TPSA) is 42.0 Å². The third-order valence-corrected chi connectivity index (χ3v) is 6.14. The molecule has 130 valence electrons. The lowest BCUT2D eigenvalue weighted by Gasteiger charge is -2.03. The van der Waals surface area contributed by atoms with Gasteiger partial charge in [0.15, 0.2) is 0 Å². The SMILES string of the molecule is Cc1nc(CCNC(=O)CCc2cccs2)sc1Cc1ccccc1. The number of amides is 1. The molecule has 0 aliphatic rings. The van der Waals surface area contributed by atoms with Crippen molar-refractivity contribution < 1.29 is 4.79 Å². The monoisotopic (exact) mass is 370 g/mol. The third-order valence-electron chi connectivity index (χ3n) is 3.98. The molecule has 3 rings (SSSR count). The van der Waals surface area contributed by atoms with Crippen LogP contribution in [0.25, 0.3) is 0 Å². The second kappa shape index (κ2) is 8.92. The highest BCUT2D eigenvalue weighted by atomic mass is 32.1. The highest BCUT2D eigenvalue weighted by molar-refractivity contribution is 7.11. The molecule has 3 nitrogen and oxygen atoms in total. The van der Waals surface area contributed by atoms with Gasteiger partial charge in [-0.25, -0.2) is 4.98 Å². The molecule has 25 heavy (non-hydrogen) atoms. The molecule has 0 unspecified atom stereocenters. The first-order chi connectivity index (χ1) is 12.2. The van der Waals surface area contributed by atoms with Crippen LogP contribution in [0.15, 0.2) is 47.8 Å². The van der Waals surface area contributed by atoms with E-state index in [2.05, 4.69) is 47.6 Å². The minimum Gasteiger partial charge on any atom is -0.356 e. The van der Waals surface area contributed by atoms with E-state index < -0.39 is 0 Å². The Labute approximate surface area is 156 Å². The van der Waals surface area contributed by atoms with E-state index in [4.69, 9.17) is 0 Å². The maximum Gasteiger partial charge on any atom is 0.220 e. The predicted molar refractivity (Wildman–Crippen MR) is 105 cm³/mol. The number of carbonyl (C=O) groups excluding carboxylic acids is 1. The Balaban J connectivity index is 1.44. The Hall–Kier alpha value is -1.98. The second-order valence-corrected chi connectivity index (χ2v) is 8.16. The quantitative estimate of drug-likeness (QED) is 0.639. The Morgan fingerprint density at radius 3 is 2.72 bits per heavy atom. The van der Waals surface area contributed by atoms with Gasteiger partial charge in [0.05, 0.1) is 10.7 Å². The van der Waals surface area contributed by atoms with Crippen molar-refractivity contribution in [2.24, 2.45) is 0 Å². The van der Waals surface area contributed by atoms with Crippen molar-refractivity contribution >= 4 is 28.6 Å². The van der Waals surface area contributed by atoms with E-state index in [-0.39, 0.29) is 5.91 Å². The van der Waals surface area contributed by atoms with Gasteiger partial charge >= 0.3 is 0 Å². The smallest absolute Gasteiger partial charge is 0.220 e. The van der Waals surface area contributed by atoms with Crippen molar-refractivity contribution in [1.82, 2.24) is 10.3 Å².